The van der Waals surface area contributed by atoms with Crippen LogP contribution in [-0.2, 0) is 10.2 Å². The Balaban J connectivity index is 2.10. The van der Waals surface area contributed by atoms with Crippen LogP contribution in [0.25, 0.3) is 0 Å². The highest BCUT2D eigenvalue weighted by molar-refractivity contribution is 7.90. The number of aromatic nitrogens is 2. The molecule has 8 heteroatoms. The fraction of sp³-hybridized carbons (Fsp3) is 0.750. The van der Waals surface area contributed by atoms with Gasteiger partial charge < -0.3 is 5.32 Å². The van der Waals surface area contributed by atoms with Gasteiger partial charge in [0.1, 0.15) is 0 Å². The fourth-order valence-corrected chi connectivity index (χ4v) is 4.06. The molecule has 1 unspecified atom stereocenters. The summed E-state index contributed by atoms with van der Waals surface area (Å²) in [5, 5.41) is 9.91. The number of hydrogen-bond donors (Lipinski definition) is 3. The van der Waals surface area contributed by atoms with Gasteiger partial charge in [0.05, 0.1) is 17.1 Å². The van der Waals surface area contributed by atoms with Crippen molar-refractivity contribution >= 4 is 15.9 Å². The standard InChI is InChI=1S/C12H23N5O2S/c1-9-12(10(2)15-14-9)16-20(18,19)17-6-4-5-11(8-17)7-13-3/h11,13,16H,4-8H2,1-3H3,(H,14,15). The zero-order chi connectivity index (χ0) is 14.8. The van der Waals surface area contributed by atoms with Crippen molar-refractivity contribution in [3.8, 4) is 0 Å². The molecule has 0 aromatic carbocycles. The molecule has 0 aliphatic carbocycles. The largest absolute Gasteiger partial charge is 0.319 e. The van der Waals surface area contributed by atoms with E-state index in [4.69, 9.17) is 0 Å². The van der Waals surface area contributed by atoms with Crippen LogP contribution in [0.15, 0.2) is 0 Å². The van der Waals surface area contributed by atoms with Crippen molar-refractivity contribution in [2.45, 2.75) is 26.7 Å². The minimum atomic E-state index is -3.51. The molecule has 114 valence electrons. The summed E-state index contributed by atoms with van der Waals surface area (Å²) in [6.07, 6.45) is 1.97. The molecule has 0 bridgehead atoms. The molecule has 0 radical (unpaired) electrons. The van der Waals surface area contributed by atoms with Crippen LogP contribution < -0.4 is 10.0 Å². The number of H-pyrrole nitrogens is 1. The van der Waals surface area contributed by atoms with Crippen molar-refractivity contribution in [2.24, 2.45) is 5.92 Å². The SMILES string of the molecule is CNCC1CCCN(S(=O)(=O)Nc2c(C)n[nH]c2C)C1. The van der Waals surface area contributed by atoms with Crippen molar-refractivity contribution in [1.29, 1.82) is 0 Å². The zero-order valence-corrected chi connectivity index (χ0v) is 13.0. The first-order valence-corrected chi connectivity index (χ1v) is 8.32. The van der Waals surface area contributed by atoms with E-state index in [1.807, 2.05) is 7.05 Å². The second kappa shape index (κ2) is 6.11. The fourth-order valence-electron chi connectivity index (χ4n) is 2.60. The molecule has 1 fully saturated rings. The molecule has 1 aromatic heterocycles. The van der Waals surface area contributed by atoms with Gasteiger partial charge in [0, 0.05) is 13.1 Å². The minimum Gasteiger partial charge on any atom is -0.319 e. The Labute approximate surface area is 120 Å². The molecule has 1 aromatic rings. The first kappa shape index (κ1) is 15.3. The van der Waals surface area contributed by atoms with Crippen LogP contribution in [0, 0.1) is 19.8 Å². The summed E-state index contributed by atoms with van der Waals surface area (Å²) >= 11 is 0. The molecule has 3 N–H and O–H groups in total. The Hall–Kier alpha value is -1.12. The maximum absolute atomic E-state index is 12.5. The average Bonchev–Trinajstić information content (AvgIpc) is 2.71. The van der Waals surface area contributed by atoms with Gasteiger partial charge in [-0.2, -0.15) is 17.8 Å². The van der Waals surface area contributed by atoms with Gasteiger partial charge in [0.25, 0.3) is 0 Å². The summed E-state index contributed by atoms with van der Waals surface area (Å²) in [5.41, 5.74) is 1.95. The predicted molar refractivity (Wildman–Crippen MR) is 78.8 cm³/mol. The maximum Gasteiger partial charge on any atom is 0.301 e. The molecule has 20 heavy (non-hydrogen) atoms. The molecule has 7 nitrogen and oxygen atoms in total. The Morgan fingerprint density at radius 2 is 2.20 bits per heavy atom. The summed E-state index contributed by atoms with van der Waals surface area (Å²) < 4.78 is 29.1. The lowest BCUT2D eigenvalue weighted by atomic mass is 10.00. The van der Waals surface area contributed by atoms with Gasteiger partial charge in [0.2, 0.25) is 0 Å². The van der Waals surface area contributed by atoms with E-state index in [2.05, 4.69) is 20.2 Å². The van der Waals surface area contributed by atoms with Crippen LogP contribution >= 0.6 is 0 Å². The summed E-state index contributed by atoms with van der Waals surface area (Å²) in [6, 6.07) is 0. The number of hydrogen-bond acceptors (Lipinski definition) is 4. The van der Waals surface area contributed by atoms with E-state index in [0.29, 0.717) is 30.4 Å². The van der Waals surface area contributed by atoms with Crippen molar-refractivity contribution in [1.82, 2.24) is 19.8 Å². The van der Waals surface area contributed by atoms with Gasteiger partial charge in [-0.15, -0.1) is 0 Å². The Morgan fingerprint density at radius 3 is 2.80 bits per heavy atom. The summed E-state index contributed by atoms with van der Waals surface area (Å²) in [4.78, 5) is 0. The van der Waals surface area contributed by atoms with E-state index in [-0.39, 0.29) is 0 Å². The van der Waals surface area contributed by atoms with Gasteiger partial charge in [-0.05, 0) is 46.2 Å². The molecule has 2 rings (SSSR count). The van der Waals surface area contributed by atoms with Gasteiger partial charge in [-0.25, -0.2) is 0 Å². The second-order valence-corrected chi connectivity index (χ2v) is 7.01. The lowest BCUT2D eigenvalue weighted by Crippen LogP contribution is -2.44. The van der Waals surface area contributed by atoms with Crippen LogP contribution in [0.3, 0.4) is 0 Å². The van der Waals surface area contributed by atoms with Crippen molar-refractivity contribution in [2.75, 3.05) is 31.4 Å². The summed E-state index contributed by atoms with van der Waals surface area (Å²) in [5.74, 6) is 0.372. The average molecular weight is 301 g/mol. The molecule has 1 saturated heterocycles. The first-order valence-electron chi connectivity index (χ1n) is 6.88. The van der Waals surface area contributed by atoms with E-state index in [1.54, 1.807) is 13.8 Å². The van der Waals surface area contributed by atoms with E-state index in [0.717, 1.165) is 25.1 Å². The molecular formula is C12H23N5O2S. The van der Waals surface area contributed by atoms with Gasteiger partial charge in [0.15, 0.2) is 0 Å². The molecule has 0 saturated carbocycles. The Kier molecular flexibility index (Phi) is 4.66. The lowest BCUT2D eigenvalue weighted by Gasteiger charge is -2.31. The minimum absolute atomic E-state index is 0.372. The topological polar surface area (TPSA) is 90.1 Å². The summed E-state index contributed by atoms with van der Waals surface area (Å²) in [6.45, 7) is 5.56. The zero-order valence-electron chi connectivity index (χ0n) is 12.2. The Morgan fingerprint density at radius 1 is 1.45 bits per heavy atom. The van der Waals surface area contributed by atoms with E-state index in [1.165, 1.54) is 4.31 Å². The van der Waals surface area contributed by atoms with Crippen LogP contribution in [-0.4, -0.2) is 49.6 Å². The highest BCUT2D eigenvalue weighted by Crippen LogP contribution is 2.23. The summed E-state index contributed by atoms with van der Waals surface area (Å²) in [7, 11) is -1.61. The lowest BCUT2D eigenvalue weighted by molar-refractivity contribution is 0.264. The van der Waals surface area contributed by atoms with E-state index in [9.17, 15) is 8.42 Å². The normalized spacial score (nSPS) is 21.1. The number of nitrogens with zero attached hydrogens (tertiary/aromatic N) is 2. The monoisotopic (exact) mass is 301 g/mol. The van der Waals surface area contributed by atoms with Crippen molar-refractivity contribution in [3.63, 3.8) is 0 Å². The van der Waals surface area contributed by atoms with E-state index >= 15 is 0 Å². The van der Waals surface area contributed by atoms with Crippen LogP contribution in [0.4, 0.5) is 5.69 Å². The van der Waals surface area contributed by atoms with Gasteiger partial charge in [-0.1, -0.05) is 0 Å². The van der Waals surface area contributed by atoms with Crippen molar-refractivity contribution < 1.29 is 8.42 Å². The molecule has 0 amide bonds. The van der Waals surface area contributed by atoms with Crippen LogP contribution in [0.1, 0.15) is 24.2 Å². The van der Waals surface area contributed by atoms with Crippen LogP contribution in [0.2, 0.25) is 0 Å². The first-order chi connectivity index (χ1) is 9.44. The number of piperidine rings is 1. The molecule has 2 heterocycles. The van der Waals surface area contributed by atoms with E-state index < -0.39 is 10.2 Å². The number of nitrogens with one attached hydrogen (secondary N) is 3. The number of anilines is 1. The van der Waals surface area contributed by atoms with Gasteiger partial charge >= 0.3 is 10.2 Å². The molecule has 1 aliphatic rings. The highest BCUT2D eigenvalue weighted by atomic mass is 32.2. The smallest absolute Gasteiger partial charge is 0.301 e. The maximum atomic E-state index is 12.5. The number of aryl methyl sites for hydroxylation is 2. The van der Waals surface area contributed by atoms with Gasteiger partial charge in [-0.3, -0.25) is 9.82 Å². The molecule has 0 spiro atoms. The molecule has 1 atom stereocenters. The number of aromatic amines is 1. The predicted octanol–water partition coefficient (Wildman–Crippen LogP) is 0.615. The molecule has 1 aliphatic heterocycles. The van der Waals surface area contributed by atoms with Crippen molar-refractivity contribution in [3.05, 3.63) is 11.4 Å². The van der Waals surface area contributed by atoms with Crippen LogP contribution in [0.5, 0.6) is 0 Å². The third-order valence-electron chi connectivity index (χ3n) is 3.67. The third kappa shape index (κ3) is 3.31. The third-order valence-corrected chi connectivity index (χ3v) is 5.15. The number of rotatable bonds is 5. The molecular weight excluding hydrogens is 278 g/mol. The highest BCUT2D eigenvalue weighted by Gasteiger charge is 2.29. The quantitative estimate of drug-likeness (QED) is 0.743. The second-order valence-electron chi connectivity index (χ2n) is 5.34. The Bertz CT molecular complexity index is 533.